The molecule has 3 aromatic rings. The molecule has 2 aliphatic rings. The number of rotatable bonds is 5. The number of nitrogens with one attached hydrogen (secondary N) is 1. The number of para-hydroxylation sites is 1. The number of ether oxygens (including phenoxy) is 1. The van der Waals surface area contributed by atoms with E-state index in [-0.39, 0.29) is 12.5 Å². The molecular weight excluding hydrogens is 364 g/mol. The lowest BCUT2D eigenvalue weighted by atomic mass is 10.2. The molecule has 5 rings (SSSR count). The van der Waals surface area contributed by atoms with Gasteiger partial charge in [0.2, 0.25) is 0 Å². The van der Waals surface area contributed by atoms with Gasteiger partial charge in [0.15, 0.2) is 6.61 Å². The zero-order valence-electron chi connectivity index (χ0n) is 16.5. The summed E-state index contributed by atoms with van der Waals surface area (Å²) in [7, 11) is 0. The molecule has 6 heteroatoms. The monoisotopic (exact) mass is 390 g/mol. The molecule has 0 bridgehead atoms. The van der Waals surface area contributed by atoms with E-state index in [2.05, 4.69) is 20.9 Å². The van der Waals surface area contributed by atoms with Gasteiger partial charge >= 0.3 is 0 Å². The molecule has 6 nitrogen and oxygen atoms in total. The van der Waals surface area contributed by atoms with Crippen LogP contribution in [0.1, 0.15) is 31.5 Å². The summed E-state index contributed by atoms with van der Waals surface area (Å²) in [5.41, 5.74) is 2.84. The highest BCUT2D eigenvalue weighted by Crippen LogP contribution is 2.29. The lowest BCUT2D eigenvalue weighted by Gasteiger charge is -2.32. The summed E-state index contributed by atoms with van der Waals surface area (Å²) in [5, 5.41) is 2.91. The second-order valence-corrected chi connectivity index (χ2v) is 7.94. The van der Waals surface area contributed by atoms with Crippen LogP contribution in [0.4, 0.5) is 5.69 Å². The van der Waals surface area contributed by atoms with E-state index in [1.807, 2.05) is 42.5 Å². The predicted molar refractivity (Wildman–Crippen MR) is 113 cm³/mol. The number of amides is 1. The first-order chi connectivity index (χ1) is 14.3. The molecule has 0 unspecified atom stereocenters. The Morgan fingerprint density at radius 2 is 1.93 bits per heavy atom. The molecule has 1 fully saturated rings. The van der Waals surface area contributed by atoms with E-state index in [9.17, 15) is 4.79 Å². The lowest BCUT2D eigenvalue weighted by molar-refractivity contribution is -0.118. The van der Waals surface area contributed by atoms with E-state index in [1.165, 1.54) is 25.7 Å². The van der Waals surface area contributed by atoms with Gasteiger partial charge in [-0.25, -0.2) is 4.98 Å². The van der Waals surface area contributed by atoms with Gasteiger partial charge < -0.3 is 14.6 Å². The highest BCUT2D eigenvalue weighted by Gasteiger charge is 2.27. The summed E-state index contributed by atoms with van der Waals surface area (Å²) in [6, 6.07) is 16.0. The van der Waals surface area contributed by atoms with Crippen molar-refractivity contribution < 1.29 is 9.53 Å². The minimum atomic E-state index is -0.176. The molecule has 2 heterocycles. The average molecular weight is 390 g/mol. The van der Waals surface area contributed by atoms with Gasteiger partial charge in [0.1, 0.15) is 11.6 Å². The number of aromatic nitrogens is 2. The topological polar surface area (TPSA) is 59.4 Å². The van der Waals surface area contributed by atoms with Gasteiger partial charge in [0.25, 0.3) is 5.91 Å². The SMILES string of the molecule is O=C(COc1ccccc1)Nc1ccc2c(c1)nc1n2CCN(C2CCCC2)C1. The van der Waals surface area contributed by atoms with Gasteiger partial charge in [-0.3, -0.25) is 9.69 Å². The second-order valence-electron chi connectivity index (χ2n) is 7.94. The van der Waals surface area contributed by atoms with Crippen LogP contribution in [0.2, 0.25) is 0 Å². The van der Waals surface area contributed by atoms with Crippen molar-refractivity contribution in [2.24, 2.45) is 0 Å². The third-order valence-electron chi connectivity index (χ3n) is 6.02. The molecule has 1 N–H and O–H groups in total. The van der Waals surface area contributed by atoms with Crippen molar-refractivity contribution in [1.29, 1.82) is 0 Å². The van der Waals surface area contributed by atoms with E-state index >= 15 is 0 Å². The first-order valence-corrected chi connectivity index (χ1v) is 10.5. The van der Waals surface area contributed by atoms with Crippen molar-refractivity contribution in [3.8, 4) is 5.75 Å². The second kappa shape index (κ2) is 7.87. The Kier molecular flexibility index (Phi) is 4.94. The van der Waals surface area contributed by atoms with Gasteiger partial charge in [-0.2, -0.15) is 0 Å². The smallest absolute Gasteiger partial charge is 0.262 e. The van der Waals surface area contributed by atoms with Crippen LogP contribution in [0.25, 0.3) is 11.0 Å². The Balaban J connectivity index is 1.26. The average Bonchev–Trinajstić information content (AvgIpc) is 3.40. The van der Waals surface area contributed by atoms with Crippen LogP contribution < -0.4 is 10.1 Å². The Morgan fingerprint density at radius 3 is 2.76 bits per heavy atom. The molecule has 1 amide bonds. The van der Waals surface area contributed by atoms with Crippen molar-refractivity contribution in [2.75, 3.05) is 18.5 Å². The van der Waals surface area contributed by atoms with E-state index in [0.29, 0.717) is 5.75 Å². The zero-order chi connectivity index (χ0) is 19.6. The Hall–Kier alpha value is -2.86. The van der Waals surface area contributed by atoms with Crippen LogP contribution in [-0.2, 0) is 17.9 Å². The van der Waals surface area contributed by atoms with Gasteiger partial charge in [0.05, 0.1) is 17.6 Å². The van der Waals surface area contributed by atoms with E-state index in [1.54, 1.807) is 0 Å². The first-order valence-electron chi connectivity index (χ1n) is 10.5. The summed E-state index contributed by atoms with van der Waals surface area (Å²) in [5.74, 6) is 1.64. The van der Waals surface area contributed by atoms with Gasteiger partial charge in [-0.05, 0) is 43.2 Å². The number of anilines is 1. The zero-order valence-corrected chi connectivity index (χ0v) is 16.5. The Labute approximate surface area is 170 Å². The summed E-state index contributed by atoms with van der Waals surface area (Å²) in [4.78, 5) is 19.7. The number of hydrogen-bond acceptors (Lipinski definition) is 4. The number of hydrogen-bond donors (Lipinski definition) is 1. The highest BCUT2D eigenvalue weighted by atomic mass is 16.5. The molecule has 29 heavy (non-hydrogen) atoms. The number of benzene rings is 2. The number of imidazole rings is 1. The minimum Gasteiger partial charge on any atom is -0.484 e. The Morgan fingerprint density at radius 1 is 1.10 bits per heavy atom. The van der Waals surface area contributed by atoms with E-state index in [4.69, 9.17) is 9.72 Å². The molecule has 0 spiro atoms. The van der Waals surface area contributed by atoms with Crippen molar-refractivity contribution in [1.82, 2.24) is 14.5 Å². The largest absolute Gasteiger partial charge is 0.484 e. The van der Waals surface area contributed by atoms with Gasteiger partial charge in [-0.15, -0.1) is 0 Å². The quantitative estimate of drug-likeness (QED) is 0.720. The summed E-state index contributed by atoms with van der Waals surface area (Å²) < 4.78 is 7.84. The molecule has 150 valence electrons. The third-order valence-corrected chi connectivity index (χ3v) is 6.02. The number of nitrogens with zero attached hydrogens (tertiary/aromatic N) is 3. The van der Waals surface area contributed by atoms with Crippen LogP contribution in [0, 0.1) is 0 Å². The predicted octanol–water partition coefficient (Wildman–Crippen LogP) is 3.81. The third kappa shape index (κ3) is 3.85. The van der Waals surface area contributed by atoms with Crippen LogP contribution in [0.15, 0.2) is 48.5 Å². The highest BCUT2D eigenvalue weighted by molar-refractivity contribution is 5.94. The standard InChI is InChI=1S/C23H26N4O2/c28-23(16-29-19-8-2-1-3-9-19)24-17-10-11-21-20(14-17)25-22-15-26(12-13-27(21)22)18-6-4-5-7-18/h1-3,8-11,14,18H,4-7,12-13,15-16H2,(H,24,28). The maximum atomic E-state index is 12.2. The van der Waals surface area contributed by atoms with Gasteiger partial charge in [0, 0.05) is 24.8 Å². The minimum absolute atomic E-state index is 0.0158. The Bertz CT molecular complexity index is 1010. The summed E-state index contributed by atoms with van der Waals surface area (Å²) >= 11 is 0. The first kappa shape index (κ1) is 18.2. The normalized spacial score (nSPS) is 17.4. The molecule has 0 saturated heterocycles. The van der Waals surface area contributed by atoms with E-state index in [0.717, 1.165) is 48.2 Å². The number of carbonyl (C=O) groups is 1. The molecule has 1 aromatic heterocycles. The van der Waals surface area contributed by atoms with Crippen molar-refractivity contribution in [3.63, 3.8) is 0 Å². The fourth-order valence-corrected chi connectivity index (χ4v) is 4.56. The van der Waals surface area contributed by atoms with Crippen molar-refractivity contribution >= 4 is 22.6 Å². The van der Waals surface area contributed by atoms with Crippen LogP contribution >= 0.6 is 0 Å². The number of fused-ring (bicyclic) bond motifs is 3. The summed E-state index contributed by atoms with van der Waals surface area (Å²) in [6.45, 7) is 2.99. The fourth-order valence-electron chi connectivity index (χ4n) is 4.56. The van der Waals surface area contributed by atoms with Crippen molar-refractivity contribution in [2.45, 2.75) is 44.8 Å². The fraction of sp³-hybridized carbons (Fsp3) is 0.391. The molecule has 0 radical (unpaired) electrons. The maximum absolute atomic E-state index is 12.2. The van der Waals surface area contributed by atoms with Gasteiger partial charge in [-0.1, -0.05) is 31.0 Å². The molecule has 1 aliphatic carbocycles. The molecule has 1 aliphatic heterocycles. The van der Waals surface area contributed by atoms with Crippen LogP contribution in [0.5, 0.6) is 5.75 Å². The van der Waals surface area contributed by atoms with Crippen LogP contribution in [-0.4, -0.2) is 39.6 Å². The molecule has 2 aromatic carbocycles. The number of carbonyl (C=O) groups excluding carboxylic acids is 1. The molecular formula is C23H26N4O2. The molecule has 1 saturated carbocycles. The summed E-state index contributed by atoms with van der Waals surface area (Å²) in [6.07, 6.45) is 5.35. The maximum Gasteiger partial charge on any atom is 0.262 e. The van der Waals surface area contributed by atoms with E-state index < -0.39 is 0 Å². The lowest BCUT2D eigenvalue weighted by Crippen LogP contribution is -2.39. The van der Waals surface area contributed by atoms with Crippen LogP contribution in [0.3, 0.4) is 0 Å². The molecule has 0 atom stereocenters. The van der Waals surface area contributed by atoms with Crippen molar-refractivity contribution in [3.05, 3.63) is 54.4 Å².